The van der Waals surface area contributed by atoms with Crippen LogP contribution in [0.15, 0.2) is 18.2 Å². The minimum atomic E-state index is 0.418. The molecule has 0 aliphatic carbocycles. The van der Waals surface area contributed by atoms with Crippen LogP contribution in [-0.2, 0) is 10.1 Å². The number of hydrogen-bond acceptors (Lipinski definition) is 2. The fraction of sp³-hybridized carbons (Fsp3) is 0.538. The van der Waals surface area contributed by atoms with E-state index in [1.165, 1.54) is 5.69 Å². The Hall–Kier alpha value is -0.250. The molecule has 17 heavy (non-hydrogen) atoms. The number of halogens is 2. The maximum absolute atomic E-state index is 6.22. The zero-order valence-electron chi connectivity index (χ0n) is 10.5. The summed E-state index contributed by atoms with van der Waals surface area (Å²) in [5.74, 6) is 0. The summed E-state index contributed by atoms with van der Waals surface area (Å²) in [5.41, 5.74) is 2.32. The molecule has 0 fully saturated rings. The van der Waals surface area contributed by atoms with Crippen molar-refractivity contribution in [1.29, 1.82) is 0 Å². The normalized spacial score (nSPS) is 10.9. The molecule has 0 amide bonds. The molecule has 0 N–H and O–H groups in total. The number of ether oxygens (including phenoxy) is 1. The highest BCUT2D eigenvalue weighted by Crippen LogP contribution is 2.30. The Labute approximate surface area is 117 Å². The van der Waals surface area contributed by atoms with E-state index in [2.05, 4.69) is 40.7 Å². The highest BCUT2D eigenvalue weighted by atomic mass is 79.9. The van der Waals surface area contributed by atoms with Crippen LogP contribution in [0.1, 0.15) is 19.4 Å². The lowest BCUT2D eigenvalue weighted by molar-refractivity contribution is 0.204. The number of anilines is 1. The van der Waals surface area contributed by atoms with Crippen LogP contribution in [-0.4, -0.2) is 26.3 Å². The van der Waals surface area contributed by atoms with E-state index in [1.807, 2.05) is 12.1 Å². The molecule has 0 saturated carbocycles. The lowest BCUT2D eigenvalue weighted by atomic mass is 10.1. The second kappa shape index (κ2) is 7.24. The van der Waals surface area contributed by atoms with Gasteiger partial charge < -0.3 is 9.64 Å². The largest absolute Gasteiger partial charge is 0.383 e. The van der Waals surface area contributed by atoms with Crippen LogP contribution in [0.4, 0.5) is 5.69 Å². The van der Waals surface area contributed by atoms with Gasteiger partial charge in [0.2, 0.25) is 0 Å². The molecule has 2 nitrogen and oxygen atoms in total. The Balaban J connectivity index is 3.04. The number of rotatable bonds is 6. The maximum Gasteiger partial charge on any atom is 0.0637 e. The van der Waals surface area contributed by atoms with E-state index in [4.69, 9.17) is 16.3 Å². The summed E-state index contributed by atoms with van der Waals surface area (Å²) in [5, 5.41) is 1.57. The highest BCUT2D eigenvalue weighted by molar-refractivity contribution is 9.08. The molecule has 0 heterocycles. The van der Waals surface area contributed by atoms with E-state index in [9.17, 15) is 0 Å². The number of nitrogens with zero attached hydrogens (tertiary/aromatic N) is 1. The summed E-state index contributed by atoms with van der Waals surface area (Å²) >= 11 is 9.73. The summed E-state index contributed by atoms with van der Waals surface area (Å²) in [4.78, 5) is 2.31. The van der Waals surface area contributed by atoms with Crippen LogP contribution in [0.3, 0.4) is 0 Å². The molecular formula is C13H19BrClNO. The van der Waals surface area contributed by atoms with Crippen molar-refractivity contribution in [3.8, 4) is 0 Å². The second-order valence-electron chi connectivity index (χ2n) is 4.15. The van der Waals surface area contributed by atoms with Crippen molar-refractivity contribution >= 4 is 33.2 Å². The third-order valence-corrected chi connectivity index (χ3v) is 3.61. The highest BCUT2D eigenvalue weighted by Gasteiger charge is 2.15. The van der Waals surface area contributed by atoms with Crippen LogP contribution < -0.4 is 4.90 Å². The van der Waals surface area contributed by atoms with Gasteiger partial charge >= 0.3 is 0 Å². The Morgan fingerprint density at radius 1 is 1.41 bits per heavy atom. The van der Waals surface area contributed by atoms with Gasteiger partial charge in [0.1, 0.15) is 0 Å². The van der Waals surface area contributed by atoms with Gasteiger partial charge in [0.25, 0.3) is 0 Å². The SMILES string of the molecule is COCCN(c1cccc(Cl)c1CBr)C(C)C. The molecule has 0 spiro atoms. The predicted octanol–water partition coefficient (Wildman–Crippen LogP) is 4.10. The Bertz CT molecular complexity index is 357. The molecule has 1 aromatic rings. The van der Waals surface area contributed by atoms with E-state index in [1.54, 1.807) is 7.11 Å². The van der Waals surface area contributed by atoms with E-state index in [-0.39, 0.29) is 0 Å². The number of alkyl halides is 1. The van der Waals surface area contributed by atoms with E-state index >= 15 is 0 Å². The first kappa shape index (κ1) is 14.8. The predicted molar refractivity (Wildman–Crippen MR) is 78.4 cm³/mol. The molecule has 96 valence electrons. The first-order valence-corrected chi connectivity index (χ1v) is 7.20. The molecule has 0 unspecified atom stereocenters. The molecule has 1 rings (SSSR count). The summed E-state index contributed by atoms with van der Waals surface area (Å²) in [7, 11) is 1.72. The van der Waals surface area contributed by atoms with Gasteiger partial charge in [-0.1, -0.05) is 33.6 Å². The van der Waals surface area contributed by atoms with Crippen LogP contribution in [0.25, 0.3) is 0 Å². The topological polar surface area (TPSA) is 12.5 Å². The van der Waals surface area contributed by atoms with E-state index < -0.39 is 0 Å². The average molecular weight is 321 g/mol. The number of hydrogen-bond donors (Lipinski definition) is 0. The quantitative estimate of drug-likeness (QED) is 0.732. The van der Waals surface area contributed by atoms with Gasteiger partial charge in [-0.3, -0.25) is 0 Å². The average Bonchev–Trinajstić information content (AvgIpc) is 2.29. The zero-order valence-corrected chi connectivity index (χ0v) is 12.9. The Morgan fingerprint density at radius 3 is 2.65 bits per heavy atom. The van der Waals surface area contributed by atoms with Gasteiger partial charge in [0, 0.05) is 41.3 Å². The zero-order chi connectivity index (χ0) is 12.8. The van der Waals surface area contributed by atoms with Gasteiger partial charge in [-0.05, 0) is 26.0 Å². The van der Waals surface area contributed by atoms with Crippen molar-refractivity contribution in [3.05, 3.63) is 28.8 Å². The molecule has 0 bridgehead atoms. The summed E-state index contributed by atoms with van der Waals surface area (Å²) in [6.45, 7) is 5.93. The minimum absolute atomic E-state index is 0.418. The van der Waals surface area contributed by atoms with Crippen LogP contribution in [0.5, 0.6) is 0 Å². The smallest absolute Gasteiger partial charge is 0.0637 e. The minimum Gasteiger partial charge on any atom is -0.383 e. The maximum atomic E-state index is 6.22. The van der Waals surface area contributed by atoms with Crippen LogP contribution >= 0.6 is 27.5 Å². The van der Waals surface area contributed by atoms with Gasteiger partial charge in [0.15, 0.2) is 0 Å². The first-order valence-electron chi connectivity index (χ1n) is 5.70. The lowest BCUT2D eigenvalue weighted by Crippen LogP contribution is -2.34. The third-order valence-electron chi connectivity index (χ3n) is 2.70. The Kier molecular flexibility index (Phi) is 6.31. The fourth-order valence-corrected chi connectivity index (χ4v) is 2.78. The Morgan fingerprint density at radius 2 is 2.12 bits per heavy atom. The standard InChI is InChI=1S/C13H19BrClNO/c1-10(2)16(7-8-17-3)13-6-4-5-12(15)11(13)9-14/h4-6,10H,7-9H2,1-3H3. The molecule has 0 atom stereocenters. The van der Waals surface area contributed by atoms with E-state index in [0.717, 1.165) is 22.5 Å². The fourth-order valence-electron chi connectivity index (χ4n) is 1.80. The monoisotopic (exact) mass is 319 g/mol. The molecule has 0 saturated heterocycles. The lowest BCUT2D eigenvalue weighted by Gasteiger charge is -2.30. The molecule has 1 aromatic carbocycles. The van der Waals surface area contributed by atoms with Crippen molar-refractivity contribution in [1.82, 2.24) is 0 Å². The molecule has 0 radical (unpaired) electrons. The number of methoxy groups -OCH3 is 1. The first-order chi connectivity index (χ1) is 8.11. The van der Waals surface area contributed by atoms with Gasteiger partial charge in [-0.15, -0.1) is 0 Å². The van der Waals surface area contributed by atoms with Gasteiger partial charge in [-0.2, -0.15) is 0 Å². The molecule has 0 aromatic heterocycles. The third kappa shape index (κ3) is 3.87. The summed E-state index contributed by atoms with van der Waals surface area (Å²) in [6, 6.07) is 6.45. The summed E-state index contributed by atoms with van der Waals surface area (Å²) in [6.07, 6.45) is 0. The summed E-state index contributed by atoms with van der Waals surface area (Å²) < 4.78 is 5.16. The number of benzene rings is 1. The molecular weight excluding hydrogens is 302 g/mol. The van der Waals surface area contributed by atoms with Crippen molar-refractivity contribution in [2.75, 3.05) is 25.2 Å². The molecule has 0 aliphatic heterocycles. The van der Waals surface area contributed by atoms with Crippen molar-refractivity contribution < 1.29 is 4.74 Å². The van der Waals surface area contributed by atoms with Crippen molar-refractivity contribution in [2.24, 2.45) is 0 Å². The van der Waals surface area contributed by atoms with Crippen molar-refractivity contribution in [2.45, 2.75) is 25.2 Å². The van der Waals surface area contributed by atoms with Crippen LogP contribution in [0, 0.1) is 0 Å². The van der Waals surface area contributed by atoms with Gasteiger partial charge in [0.05, 0.1) is 6.61 Å². The molecule has 0 aliphatic rings. The molecule has 4 heteroatoms. The van der Waals surface area contributed by atoms with Crippen molar-refractivity contribution in [3.63, 3.8) is 0 Å². The van der Waals surface area contributed by atoms with Gasteiger partial charge in [-0.25, -0.2) is 0 Å². The second-order valence-corrected chi connectivity index (χ2v) is 5.12. The van der Waals surface area contributed by atoms with E-state index in [0.29, 0.717) is 12.6 Å². The van der Waals surface area contributed by atoms with Crippen LogP contribution in [0.2, 0.25) is 5.02 Å².